The maximum atomic E-state index is 12.4. The molecule has 0 radical (unpaired) electrons. The molecule has 2 heterocycles. The van der Waals surface area contributed by atoms with Crippen molar-refractivity contribution in [1.82, 2.24) is 10.2 Å². The maximum Gasteiger partial charge on any atom is 0.289 e. The quantitative estimate of drug-likeness (QED) is 0.808. The normalized spacial score (nSPS) is 17.0. The fourth-order valence-corrected chi connectivity index (χ4v) is 3.05. The Labute approximate surface area is 153 Å². The summed E-state index contributed by atoms with van der Waals surface area (Å²) in [6.07, 6.45) is 3.08. The highest BCUT2D eigenvalue weighted by atomic mass is 16.5. The number of amides is 2. The van der Waals surface area contributed by atoms with Gasteiger partial charge in [0.15, 0.2) is 5.76 Å². The molecule has 0 aliphatic carbocycles. The lowest BCUT2D eigenvalue weighted by molar-refractivity contribution is -0.126. The molecule has 1 aromatic carbocycles. The molecule has 1 saturated heterocycles. The van der Waals surface area contributed by atoms with Gasteiger partial charge in [0.1, 0.15) is 12.4 Å². The summed E-state index contributed by atoms with van der Waals surface area (Å²) in [5.41, 5.74) is 1.18. The lowest BCUT2D eigenvalue weighted by atomic mass is 9.97. The van der Waals surface area contributed by atoms with E-state index in [1.165, 1.54) is 11.8 Å². The van der Waals surface area contributed by atoms with E-state index in [0.717, 1.165) is 18.6 Å². The minimum Gasteiger partial charge on any atom is -0.492 e. The summed E-state index contributed by atoms with van der Waals surface area (Å²) in [6, 6.07) is 11.1. The number of likely N-dealkylation sites (tertiary alicyclic amines) is 1. The van der Waals surface area contributed by atoms with Crippen molar-refractivity contribution in [3.63, 3.8) is 0 Å². The molecule has 1 aromatic heterocycles. The molecule has 1 aliphatic rings. The number of hydrogen-bond donors (Lipinski definition) is 1. The minimum atomic E-state index is -0.193. The van der Waals surface area contributed by atoms with Crippen molar-refractivity contribution in [3.05, 3.63) is 54.0 Å². The van der Waals surface area contributed by atoms with Gasteiger partial charge in [0, 0.05) is 13.1 Å². The Morgan fingerprint density at radius 1 is 1.27 bits per heavy atom. The molecule has 6 nitrogen and oxygen atoms in total. The summed E-state index contributed by atoms with van der Waals surface area (Å²) < 4.78 is 10.8. The number of furan rings is 1. The highest BCUT2D eigenvalue weighted by molar-refractivity contribution is 5.92. The molecule has 1 fully saturated rings. The summed E-state index contributed by atoms with van der Waals surface area (Å²) >= 11 is 0. The summed E-state index contributed by atoms with van der Waals surface area (Å²) in [5, 5.41) is 2.90. The number of ether oxygens (including phenoxy) is 1. The molecule has 0 saturated carbocycles. The van der Waals surface area contributed by atoms with E-state index in [1.807, 2.05) is 31.2 Å². The number of rotatable bonds is 6. The number of carbonyl (C=O) groups is 2. The molecule has 2 aromatic rings. The number of hydrogen-bond acceptors (Lipinski definition) is 4. The molecular formula is C20H24N2O4. The lowest BCUT2D eigenvalue weighted by Crippen LogP contribution is -2.46. The van der Waals surface area contributed by atoms with Gasteiger partial charge in [-0.05, 0) is 44.0 Å². The predicted molar refractivity (Wildman–Crippen MR) is 97.0 cm³/mol. The summed E-state index contributed by atoms with van der Waals surface area (Å²) in [6.45, 7) is 3.95. The first-order valence-corrected chi connectivity index (χ1v) is 8.93. The van der Waals surface area contributed by atoms with E-state index in [0.29, 0.717) is 32.0 Å². The molecule has 1 atom stereocenters. The van der Waals surface area contributed by atoms with Crippen LogP contribution in [0.3, 0.4) is 0 Å². The third-order valence-electron chi connectivity index (χ3n) is 4.50. The Balaban J connectivity index is 1.42. The summed E-state index contributed by atoms with van der Waals surface area (Å²) in [4.78, 5) is 26.4. The van der Waals surface area contributed by atoms with Crippen LogP contribution in [-0.4, -0.2) is 43.0 Å². The van der Waals surface area contributed by atoms with Crippen molar-refractivity contribution in [2.75, 3.05) is 26.2 Å². The van der Waals surface area contributed by atoms with Crippen molar-refractivity contribution >= 4 is 11.8 Å². The monoisotopic (exact) mass is 356 g/mol. The second kappa shape index (κ2) is 8.56. The Morgan fingerprint density at radius 3 is 2.81 bits per heavy atom. The van der Waals surface area contributed by atoms with Crippen molar-refractivity contribution in [2.45, 2.75) is 19.8 Å². The van der Waals surface area contributed by atoms with Gasteiger partial charge in [0.2, 0.25) is 5.91 Å². The Hall–Kier alpha value is -2.76. The van der Waals surface area contributed by atoms with Gasteiger partial charge < -0.3 is 19.4 Å². The van der Waals surface area contributed by atoms with Crippen LogP contribution in [0.5, 0.6) is 5.75 Å². The molecule has 3 rings (SSSR count). The Bertz CT molecular complexity index is 725. The van der Waals surface area contributed by atoms with Crippen LogP contribution in [-0.2, 0) is 4.79 Å². The zero-order chi connectivity index (χ0) is 18.4. The Kier molecular flexibility index (Phi) is 5.94. The van der Waals surface area contributed by atoms with Gasteiger partial charge in [0.25, 0.3) is 5.91 Å². The largest absolute Gasteiger partial charge is 0.492 e. The van der Waals surface area contributed by atoms with Crippen LogP contribution >= 0.6 is 0 Å². The van der Waals surface area contributed by atoms with Crippen LogP contribution in [0.25, 0.3) is 0 Å². The molecule has 26 heavy (non-hydrogen) atoms. The number of benzene rings is 1. The fraction of sp³-hybridized carbons (Fsp3) is 0.400. The lowest BCUT2D eigenvalue weighted by Gasteiger charge is -2.31. The molecule has 0 spiro atoms. The summed E-state index contributed by atoms with van der Waals surface area (Å²) in [5.74, 6) is 0.724. The second-order valence-corrected chi connectivity index (χ2v) is 6.52. The SMILES string of the molecule is Cc1ccc(OCCNC(=O)[C@H]2CCCN(C(=O)c3ccco3)C2)cc1. The molecule has 0 bridgehead atoms. The van der Waals surface area contributed by atoms with Gasteiger partial charge in [-0.3, -0.25) is 9.59 Å². The van der Waals surface area contributed by atoms with Crippen LogP contribution in [0.1, 0.15) is 29.0 Å². The number of aryl methyl sites for hydroxylation is 1. The molecule has 1 N–H and O–H groups in total. The van der Waals surface area contributed by atoms with Gasteiger partial charge in [-0.15, -0.1) is 0 Å². The maximum absolute atomic E-state index is 12.4. The first kappa shape index (κ1) is 18.0. The fourth-order valence-electron chi connectivity index (χ4n) is 3.05. The number of piperidine rings is 1. The van der Waals surface area contributed by atoms with Gasteiger partial charge in [0.05, 0.1) is 18.7 Å². The molecule has 138 valence electrons. The highest BCUT2D eigenvalue weighted by Gasteiger charge is 2.29. The second-order valence-electron chi connectivity index (χ2n) is 6.52. The topological polar surface area (TPSA) is 71.8 Å². The van der Waals surface area contributed by atoms with E-state index in [-0.39, 0.29) is 17.7 Å². The number of nitrogens with one attached hydrogen (secondary N) is 1. The Morgan fingerprint density at radius 2 is 2.08 bits per heavy atom. The molecule has 6 heteroatoms. The molecular weight excluding hydrogens is 332 g/mol. The third-order valence-corrected chi connectivity index (χ3v) is 4.50. The average molecular weight is 356 g/mol. The van der Waals surface area contributed by atoms with Crippen LogP contribution in [0.2, 0.25) is 0 Å². The smallest absolute Gasteiger partial charge is 0.289 e. The van der Waals surface area contributed by atoms with E-state index in [4.69, 9.17) is 9.15 Å². The van der Waals surface area contributed by atoms with Crippen molar-refractivity contribution in [1.29, 1.82) is 0 Å². The van der Waals surface area contributed by atoms with E-state index in [9.17, 15) is 9.59 Å². The van der Waals surface area contributed by atoms with Crippen LogP contribution in [0.15, 0.2) is 47.1 Å². The molecule has 0 unspecified atom stereocenters. The van der Waals surface area contributed by atoms with E-state index >= 15 is 0 Å². The average Bonchev–Trinajstić information content (AvgIpc) is 3.21. The number of nitrogens with zero attached hydrogens (tertiary/aromatic N) is 1. The molecule has 2 amide bonds. The van der Waals surface area contributed by atoms with Crippen LogP contribution in [0, 0.1) is 12.8 Å². The number of carbonyl (C=O) groups excluding carboxylic acids is 2. The van der Waals surface area contributed by atoms with E-state index in [1.54, 1.807) is 17.0 Å². The van der Waals surface area contributed by atoms with E-state index < -0.39 is 0 Å². The van der Waals surface area contributed by atoms with Crippen molar-refractivity contribution in [2.24, 2.45) is 5.92 Å². The van der Waals surface area contributed by atoms with Crippen molar-refractivity contribution in [3.8, 4) is 5.75 Å². The van der Waals surface area contributed by atoms with Crippen LogP contribution in [0.4, 0.5) is 0 Å². The molecule has 1 aliphatic heterocycles. The van der Waals surface area contributed by atoms with Crippen molar-refractivity contribution < 1.29 is 18.7 Å². The van der Waals surface area contributed by atoms with Crippen LogP contribution < -0.4 is 10.1 Å². The minimum absolute atomic E-state index is 0.0329. The third kappa shape index (κ3) is 4.65. The highest BCUT2D eigenvalue weighted by Crippen LogP contribution is 2.19. The van der Waals surface area contributed by atoms with Gasteiger partial charge in [-0.2, -0.15) is 0 Å². The zero-order valence-electron chi connectivity index (χ0n) is 14.9. The zero-order valence-corrected chi connectivity index (χ0v) is 14.9. The van der Waals surface area contributed by atoms with Gasteiger partial charge in [-0.25, -0.2) is 0 Å². The standard InChI is InChI=1S/C20H24N2O4/c1-15-6-8-17(9-7-15)25-13-10-21-19(23)16-4-2-11-22(14-16)20(24)18-5-3-12-26-18/h3,5-9,12,16H,2,4,10-11,13-14H2,1H3,(H,21,23)/t16-/m0/s1. The first-order chi connectivity index (χ1) is 12.6. The van der Waals surface area contributed by atoms with Gasteiger partial charge >= 0.3 is 0 Å². The van der Waals surface area contributed by atoms with Gasteiger partial charge in [-0.1, -0.05) is 17.7 Å². The summed E-state index contributed by atoms with van der Waals surface area (Å²) in [7, 11) is 0. The van der Waals surface area contributed by atoms with E-state index in [2.05, 4.69) is 5.32 Å². The predicted octanol–water partition coefficient (Wildman–Crippen LogP) is 2.64. The first-order valence-electron chi connectivity index (χ1n) is 8.93.